The first kappa shape index (κ1) is 24.4. The lowest BCUT2D eigenvalue weighted by Crippen LogP contribution is -2.52. The zero-order valence-corrected chi connectivity index (χ0v) is 21.2. The van der Waals surface area contributed by atoms with Crippen LogP contribution in [0.5, 0.6) is 17.4 Å². The van der Waals surface area contributed by atoms with Crippen LogP contribution in [-0.4, -0.2) is 64.4 Å². The molecular weight excluding hydrogens is 500 g/mol. The van der Waals surface area contributed by atoms with Crippen LogP contribution in [0.2, 0.25) is 0 Å². The maximum Gasteiger partial charge on any atom is 0.213 e. The highest BCUT2D eigenvalue weighted by Crippen LogP contribution is 2.38. The van der Waals surface area contributed by atoms with Gasteiger partial charge in [-0.15, -0.1) is 0 Å². The number of hydrogen-bond donors (Lipinski definition) is 2. The number of methoxy groups -OCH3 is 2. The maximum atomic E-state index is 12.0. The number of carbonyl (C=O) groups is 1. The fourth-order valence-corrected chi connectivity index (χ4v) is 5.03. The van der Waals surface area contributed by atoms with Gasteiger partial charge in [-0.05, 0) is 25.1 Å². The predicted octanol–water partition coefficient (Wildman–Crippen LogP) is 2.38. The van der Waals surface area contributed by atoms with E-state index < -0.39 is 15.6 Å². The van der Waals surface area contributed by atoms with E-state index in [4.69, 9.17) is 14.2 Å². The van der Waals surface area contributed by atoms with E-state index >= 15 is 0 Å². The van der Waals surface area contributed by atoms with Gasteiger partial charge in [0.15, 0.2) is 32.7 Å². The summed E-state index contributed by atoms with van der Waals surface area (Å²) in [6, 6.07) is 10.6. The molecule has 1 aliphatic carbocycles. The molecule has 0 atom stereocenters. The average molecular weight is 525 g/mol. The number of hydrogen-bond acceptors (Lipinski definition) is 11. The molecule has 1 aliphatic rings. The van der Waals surface area contributed by atoms with Crippen LogP contribution in [0, 0.1) is 0 Å². The van der Waals surface area contributed by atoms with Gasteiger partial charge in [-0.2, -0.15) is 0 Å². The smallest absolute Gasteiger partial charge is 0.213 e. The number of anilines is 1. The molecule has 3 aromatic heterocycles. The van der Waals surface area contributed by atoms with Crippen molar-refractivity contribution in [3.8, 4) is 34.6 Å². The Morgan fingerprint density at radius 2 is 1.73 bits per heavy atom. The molecule has 0 amide bonds. The molecule has 0 bridgehead atoms. The zero-order chi connectivity index (χ0) is 26.2. The van der Waals surface area contributed by atoms with Crippen molar-refractivity contribution in [2.45, 2.75) is 24.6 Å². The Kier molecular flexibility index (Phi) is 6.38. The number of nitrogens with one attached hydrogen (secondary N) is 1. The van der Waals surface area contributed by atoms with Gasteiger partial charge in [0.25, 0.3) is 0 Å². The van der Waals surface area contributed by atoms with Crippen LogP contribution >= 0.6 is 0 Å². The quantitative estimate of drug-likeness (QED) is 0.311. The molecule has 0 radical (unpaired) electrons. The van der Waals surface area contributed by atoms with Crippen molar-refractivity contribution in [1.29, 1.82) is 0 Å². The number of carbonyl (C=O) groups excluding carboxylic acids is 1. The molecule has 1 saturated carbocycles. The number of imidazole rings is 1. The van der Waals surface area contributed by atoms with Gasteiger partial charge in [-0.3, -0.25) is 9.36 Å². The number of ketones is 1. The predicted molar refractivity (Wildman–Crippen MR) is 135 cm³/mol. The minimum atomic E-state index is -2.94. The normalized spacial score (nSPS) is 14.4. The van der Waals surface area contributed by atoms with Crippen LogP contribution in [0.4, 0.5) is 5.82 Å². The standard InChI is InChI=1S/C24H24N6O6S/c1-4-36-19-10-5-7-15(26-19)22-28-21-23(30(22)20-16(34-2)8-6-9-17(20)35-3)27-18(13-25-21)29-24(37(32)33)11-14(31)12-24/h5-10,13,37H,4,11-12H2,1-3H3,(H,27,29). The second-order valence-electron chi connectivity index (χ2n) is 8.28. The summed E-state index contributed by atoms with van der Waals surface area (Å²) >= 11 is 0. The molecule has 0 spiro atoms. The molecule has 0 aliphatic heterocycles. The lowest BCUT2D eigenvalue weighted by Gasteiger charge is -2.35. The van der Waals surface area contributed by atoms with E-state index in [0.29, 0.717) is 46.8 Å². The van der Waals surface area contributed by atoms with E-state index in [1.807, 2.05) is 6.92 Å². The third-order valence-electron chi connectivity index (χ3n) is 5.93. The Labute approximate surface area is 213 Å². The third kappa shape index (κ3) is 4.31. The summed E-state index contributed by atoms with van der Waals surface area (Å²) in [5.74, 6) is 1.79. The molecule has 1 aromatic carbocycles. The van der Waals surface area contributed by atoms with Gasteiger partial charge in [-0.25, -0.2) is 28.4 Å². The van der Waals surface area contributed by atoms with Crippen LogP contribution in [0.3, 0.4) is 0 Å². The van der Waals surface area contributed by atoms with Gasteiger partial charge >= 0.3 is 0 Å². The van der Waals surface area contributed by atoms with E-state index in [1.165, 1.54) is 20.4 Å². The first-order valence-corrected chi connectivity index (χ1v) is 12.6. The van der Waals surface area contributed by atoms with Crippen molar-refractivity contribution in [3.05, 3.63) is 42.6 Å². The topological polar surface area (TPSA) is 147 Å². The minimum absolute atomic E-state index is 0.135. The number of aromatic nitrogens is 5. The lowest BCUT2D eigenvalue weighted by molar-refractivity contribution is -0.125. The van der Waals surface area contributed by atoms with Crippen molar-refractivity contribution in [3.63, 3.8) is 0 Å². The number of ether oxygens (including phenoxy) is 3. The van der Waals surface area contributed by atoms with Crippen molar-refractivity contribution >= 4 is 33.6 Å². The van der Waals surface area contributed by atoms with Crippen molar-refractivity contribution in [1.82, 2.24) is 24.5 Å². The number of rotatable bonds is 9. The molecule has 1 fully saturated rings. The number of Topliss-reactive ketones (excluding diaryl/α,β-unsaturated/α-hetero) is 1. The first-order chi connectivity index (χ1) is 17.9. The van der Waals surface area contributed by atoms with E-state index in [2.05, 4.69) is 25.3 Å². The second kappa shape index (κ2) is 9.65. The summed E-state index contributed by atoms with van der Waals surface area (Å²) in [4.78, 5) is 28.6. The minimum Gasteiger partial charge on any atom is -0.494 e. The van der Waals surface area contributed by atoms with Gasteiger partial charge in [0.05, 0.1) is 27.0 Å². The molecule has 5 rings (SSSR count). The first-order valence-electron chi connectivity index (χ1n) is 11.4. The monoisotopic (exact) mass is 524 g/mol. The Morgan fingerprint density at radius 1 is 1.03 bits per heavy atom. The van der Waals surface area contributed by atoms with Gasteiger partial charge in [0.1, 0.15) is 34.5 Å². The molecule has 192 valence electrons. The maximum absolute atomic E-state index is 12.0. The summed E-state index contributed by atoms with van der Waals surface area (Å²) in [6.45, 7) is 2.31. The zero-order valence-electron chi connectivity index (χ0n) is 20.3. The summed E-state index contributed by atoms with van der Waals surface area (Å²) in [5, 5.41) is 2.89. The van der Waals surface area contributed by atoms with Crippen LogP contribution in [-0.2, 0) is 15.5 Å². The van der Waals surface area contributed by atoms with E-state index in [-0.39, 0.29) is 30.1 Å². The number of benzene rings is 1. The number of pyridine rings is 1. The fourth-order valence-electron chi connectivity index (χ4n) is 4.22. The Morgan fingerprint density at radius 3 is 2.35 bits per heavy atom. The summed E-state index contributed by atoms with van der Waals surface area (Å²) in [5.41, 5.74) is 1.57. The van der Waals surface area contributed by atoms with Crippen molar-refractivity contribution in [2.24, 2.45) is 0 Å². The van der Waals surface area contributed by atoms with Gasteiger partial charge < -0.3 is 19.5 Å². The molecule has 0 saturated heterocycles. The van der Waals surface area contributed by atoms with Crippen molar-refractivity contribution in [2.75, 3.05) is 26.1 Å². The Balaban J connectivity index is 1.75. The molecule has 3 heterocycles. The highest BCUT2D eigenvalue weighted by Gasteiger charge is 2.47. The Bertz CT molecular complexity index is 1550. The molecular formula is C24H24N6O6S. The van der Waals surface area contributed by atoms with Gasteiger partial charge in [0, 0.05) is 18.9 Å². The second-order valence-corrected chi connectivity index (χ2v) is 9.65. The summed E-state index contributed by atoms with van der Waals surface area (Å²) in [7, 11) is 0.123. The largest absolute Gasteiger partial charge is 0.494 e. The summed E-state index contributed by atoms with van der Waals surface area (Å²) in [6.07, 6.45) is 1.12. The van der Waals surface area contributed by atoms with Crippen LogP contribution in [0.15, 0.2) is 42.6 Å². The molecule has 4 aromatic rings. The average Bonchev–Trinajstić information content (AvgIpc) is 3.25. The third-order valence-corrected chi connectivity index (χ3v) is 7.06. The summed E-state index contributed by atoms with van der Waals surface area (Å²) < 4.78 is 42.4. The number of thiol groups is 1. The van der Waals surface area contributed by atoms with Gasteiger partial charge in [-0.1, -0.05) is 12.1 Å². The number of fused-ring (bicyclic) bond motifs is 1. The van der Waals surface area contributed by atoms with E-state index in [0.717, 1.165) is 0 Å². The molecule has 12 nitrogen and oxygen atoms in total. The SMILES string of the molecule is CCOc1cccc(-c2nc3ncc(NC4([SH](=O)=O)CC(=O)C4)nc3n2-c2c(OC)cccc2OC)n1. The van der Waals surface area contributed by atoms with E-state index in [9.17, 15) is 13.2 Å². The molecule has 1 N–H and O–H groups in total. The number of nitrogens with zero attached hydrogens (tertiary/aromatic N) is 5. The van der Waals surface area contributed by atoms with Crippen LogP contribution < -0.4 is 19.5 Å². The molecule has 0 unspecified atom stereocenters. The van der Waals surface area contributed by atoms with E-state index in [1.54, 1.807) is 41.0 Å². The molecule has 13 heteroatoms. The van der Waals surface area contributed by atoms with Crippen LogP contribution in [0.25, 0.3) is 28.5 Å². The fraction of sp³-hybridized carbons (Fsp3) is 0.292. The van der Waals surface area contributed by atoms with Gasteiger partial charge in [0.2, 0.25) is 5.88 Å². The highest BCUT2D eigenvalue weighted by molar-refractivity contribution is 7.74. The lowest BCUT2D eigenvalue weighted by atomic mass is 9.90. The Hall–Kier alpha value is -4.26. The number of para-hydroxylation sites is 1. The highest BCUT2D eigenvalue weighted by atomic mass is 32.2. The molecule has 37 heavy (non-hydrogen) atoms. The van der Waals surface area contributed by atoms with Crippen molar-refractivity contribution < 1.29 is 27.4 Å². The van der Waals surface area contributed by atoms with Crippen LogP contribution in [0.1, 0.15) is 19.8 Å².